The minimum atomic E-state index is -4.00. The van der Waals surface area contributed by atoms with Crippen LogP contribution in [0.1, 0.15) is 34.5 Å². The first-order valence-electron chi connectivity index (χ1n) is 11.1. The largest absolute Gasteiger partial charge is 0.468 e. The molecular formula is C26H25ClN2O4S. The van der Waals surface area contributed by atoms with Crippen LogP contribution in [0, 0.1) is 6.92 Å². The van der Waals surface area contributed by atoms with Crippen molar-refractivity contribution >= 4 is 27.6 Å². The standard InChI is InChI=1S/C26H25ClN2O4S/c1-17-7-13-21(14-8-17)34(31,32)29-23(19-9-11-20(27)12-10-19)24(26(30)33-2)28-16-15-18-5-3-4-6-22(18)25(28)29/h3-14,23-25H,15-16H2,1-2H3/t23-,24+,25+/m0/s1. The minimum absolute atomic E-state index is 0.186. The molecule has 2 aliphatic heterocycles. The van der Waals surface area contributed by atoms with Gasteiger partial charge in [0.2, 0.25) is 10.0 Å². The lowest BCUT2D eigenvalue weighted by atomic mass is 9.96. The molecule has 8 heteroatoms. The van der Waals surface area contributed by atoms with E-state index in [2.05, 4.69) is 0 Å². The first-order chi connectivity index (χ1) is 16.3. The molecule has 34 heavy (non-hydrogen) atoms. The summed E-state index contributed by atoms with van der Waals surface area (Å²) in [5.41, 5.74) is 3.61. The Morgan fingerprint density at radius 3 is 2.35 bits per heavy atom. The van der Waals surface area contributed by atoms with Crippen molar-refractivity contribution in [1.82, 2.24) is 9.21 Å². The maximum absolute atomic E-state index is 14.2. The second kappa shape index (κ2) is 8.82. The summed E-state index contributed by atoms with van der Waals surface area (Å²) in [6, 6.07) is 20.0. The molecule has 2 aliphatic rings. The van der Waals surface area contributed by atoms with Crippen molar-refractivity contribution in [3.63, 3.8) is 0 Å². The van der Waals surface area contributed by atoms with E-state index in [9.17, 15) is 13.2 Å². The van der Waals surface area contributed by atoms with Gasteiger partial charge in [-0.25, -0.2) is 8.42 Å². The number of fused-ring (bicyclic) bond motifs is 3. The summed E-state index contributed by atoms with van der Waals surface area (Å²) in [5, 5.41) is 0.535. The Hall–Kier alpha value is -2.71. The molecule has 5 rings (SSSR count). The van der Waals surface area contributed by atoms with Crippen LogP contribution >= 0.6 is 11.6 Å². The van der Waals surface area contributed by atoms with Crippen LogP contribution < -0.4 is 0 Å². The predicted molar refractivity (Wildman–Crippen MR) is 130 cm³/mol. The van der Waals surface area contributed by atoms with Gasteiger partial charge in [-0.1, -0.05) is 65.7 Å². The number of sulfonamides is 1. The smallest absolute Gasteiger partial charge is 0.325 e. The van der Waals surface area contributed by atoms with E-state index in [1.807, 2.05) is 36.1 Å². The summed E-state index contributed by atoms with van der Waals surface area (Å²) in [4.78, 5) is 15.3. The van der Waals surface area contributed by atoms with E-state index in [1.165, 1.54) is 11.4 Å². The molecule has 0 unspecified atom stereocenters. The number of ether oxygens (including phenoxy) is 1. The molecule has 0 radical (unpaired) electrons. The number of carbonyl (C=O) groups is 1. The molecule has 1 fully saturated rings. The van der Waals surface area contributed by atoms with E-state index in [-0.39, 0.29) is 4.90 Å². The molecule has 2 heterocycles. The number of benzene rings is 3. The zero-order valence-corrected chi connectivity index (χ0v) is 20.5. The van der Waals surface area contributed by atoms with Gasteiger partial charge in [0.15, 0.2) is 0 Å². The number of methoxy groups -OCH3 is 1. The molecule has 176 valence electrons. The highest BCUT2D eigenvalue weighted by Crippen LogP contribution is 2.51. The lowest BCUT2D eigenvalue weighted by molar-refractivity contribution is -0.147. The Bertz CT molecular complexity index is 1330. The zero-order chi connectivity index (χ0) is 24.0. The summed E-state index contributed by atoms with van der Waals surface area (Å²) in [7, 11) is -2.66. The molecule has 0 bridgehead atoms. The van der Waals surface area contributed by atoms with Gasteiger partial charge in [-0.05, 0) is 54.3 Å². The summed E-state index contributed by atoms with van der Waals surface area (Å²) < 4.78 is 35.2. The lowest BCUT2D eigenvalue weighted by Gasteiger charge is -2.36. The average Bonchev–Trinajstić information content (AvgIpc) is 3.21. The number of nitrogens with zero attached hydrogens (tertiary/aromatic N) is 2. The van der Waals surface area contributed by atoms with E-state index in [4.69, 9.17) is 16.3 Å². The highest BCUT2D eigenvalue weighted by Gasteiger charge is 2.57. The maximum Gasteiger partial charge on any atom is 0.325 e. The maximum atomic E-state index is 14.2. The van der Waals surface area contributed by atoms with Crippen LogP contribution in [0.3, 0.4) is 0 Å². The van der Waals surface area contributed by atoms with Gasteiger partial charge in [0, 0.05) is 11.6 Å². The SMILES string of the molecule is COC(=O)[C@H]1[C@H](c2ccc(Cl)cc2)N(S(=O)(=O)c2ccc(C)cc2)[C@@H]2c3ccccc3CCN21. The van der Waals surface area contributed by atoms with Crippen LogP contribution in [0.4, 0.5) is 0 Å². The Morgan fingerprint density at radius 1 is 1.00 bits per heavy atom. The fourth-order valence-corrected chi connectivity index (χ4v) is 6.98. The van der Waals surface area contributed by atoms with Crippen molar-refractivity contribution in [1.29, 1.82) is 0 Å². The summed E-state index contributed by atoms with van der Waals surface area (Å²) >= 11 is 6.14. The van der Waals surface area contributed by atoms with Gasteiger partial charge in [-0.3, -0.25) is 9.69 Å². The zero-order valence-electron chi connectivity index (χ0n) is 18.9. The Kier molecular flexibility index (Phi) is 5.98. The highest BCUT2D eigenvalue weighted by molar-refractivity contribution is 7.89. The fraction of sp³-hybridized carbons (Fsp3) is 0.269. The molecule has 0 aliphatic carbocycles. The van der Waals surface area contributed by atoms with Crippen LogP contribution in [0.15, 0.2) is 77.7 Å². The Balaban J connectivity index is 1.76. The predicted octanol–water partition coefficient (Wildman–Crippen LogP) is 4.49. The van der Waals surface area contributed by atoms with Gasteiger partial charge < -0.3 is 4.74 Å². The highest BCUT2D eigenvalue weighted by atomic mass is 35.5. The van der Waals surface area contributed by atoms with E-state index in [0.717, 1.165) is 16.7 Å². The monoisotopic (exact) mass is 496 g/mol. The fourth-order valence-electron chi connectivity index (χ4n) is 5.10. The van der Waals surface area contributed by atoms with Crippen molar-refractivity contribution in [2.45, 2.75) is 36.5 Å². The lowest BCUT2D eigenvalue weighted by Crippen LogP contribution is -2.43. The van der Waals surface area contributed by atoms with Crippen molar-refractivity contribution in [3.05, 3.63) is 100 Å². The molecule has 3 aromatic carbocycles. The molecule has 0 aromatic heterocycles. The van der Waals surface area contributed by atoms with Crippen LogP contribution in [0.2, 0.25) is 5.02 Å². The van der Waals surface area contributed by atoms with E-state index < -0.39 is 34.2 Å². The van der Waals surface area contributed by atoms with Gasteiger partial charge in [0.25, 0.3) is 0 Å². The number of hydrogen-bond donors (Lipinski definition) is 0. The van der Waals surface area contributed by atoms with Crippen molar-refractivity contribution in [2.24, 2.45) is 0 Å². The van der Waals surface area contributed by atoms with Crippen molar-refractivity contribution < 1.29 is 17.9 Å². The molecule has 3 aromatic rings. The number of hydrogen-bond acceptors (Lipinski definition) is 5. The Morgan fingerprint density at radius 2 is 1.68 bits per heavy atom. The molecule has 0 amide bonds. The van der Waals surface area contributed by atoms with Crippen LogP contribution in [-0.4, -0.2) is 43.3 Å². The van der Waals surface area contributed by atoms with Gasteiger partial charge >= 0.3 is 5.97 Å². The van der Waals surface area contributed by atoms with E-state index in [0.29, 0.717) is 23.6 Å². The Labute approximate surface area is 204 Å². The second-order valence-corrected chi connectivity index (χ2v) is 11.0. The van der Waals surface area contributed by atoms with E-state index in [1.54, 1.807) is 48.5 Å². The second-order valence-electron chi connectivity index (χ2n) is 8.67. The molecule has 0 saturated carbocycles. The normalized spacial score (nSPS) is 22.7. The summed E-state index contributed by atoms with van der Waals surface area (Å²) in [5.74, 6) is -0.467. The number of halogens is 1. The molecular weight excluding hydrogens is 472 g/mol. The average molecular weight is 497 g/mol. The molecule has 3 atom stereocenters. The van der Waals surface area contributed by atoms with Gasteiger partial charge in [0.05, 0.1) is 18.0 Å². The van der Waals surface area contributed by atoms with Crippen LogP contribution in [0.25, 0.3) is 0 Å². The summed E-state index contributed by atoms with van der Waals surface area (Å²) in [6.45, 7) is 2.45. The van der Waals surface area contributed by atoms with Crippen molar-refractivity contribution in [2.75, 3.05) is 13.7 Å². The van der Waals surface area contributed by atoms with Gasteiger partial charge in [0.1, 0.15) is 12.2 Å². The topological polar surface area (TPSA) is 66.9 Å². The minimum Gasteiger partial charge on any atom is -0.468 e. The molecule has 6 nitrogen and oxygen atoms in total. The van der Waals surface area contributed by atoms with Crippen LogP contribution in [-0.2, 0) is 26.0 Å². The third-order valence-corrected chi connectivity index (χ3v) is 8.81. The number of esters is 1. The first kappa shape index (κ1) is 23.1. The van der Waals surface area contributed by atoms with E-state index >= 15 is 0 Å². The number of carbonyl (C=O) groups excluding carboxylic acids is 1. The van der Waals surface area contributed by atoms with Gasteiger partial charge in [-0.2, -0.15) is 4.31 Å². The van der Waals surface area contributed by atoms with Gasteiger partial charge in [-0.15, -0.1) is 0 Å². The third-order valence-electron chi connectivity index (χ3n) is 6.71. The quantitative estimate of drug-likeness (QED) is 0.498. The van der Waals surface area contributed by atoms with Crippen LogP contribution in [0.5, 0.6) is 0 Å². The van der Waals surface area contributed by atoms with Crippen molar-refractivity contribution in [3.8, 4) is 0 Å². The first-order valence-corrected chi connectivity index (χ1v) is 12.9. The molecule has 0 N–H and O–H groups in total. The summed E-state index contributed by atoms with van der Waals surface area (Å²) in [6.07, 6.45) is 0.0763. The number of aryl methyl sites for hydroxylation is 1. The third kappa shape index (κ3) is 3.73. The molecule has 0 spiro atoms. The molecule has 1 saturated heterocycles. The number of rotatable bonds is 4.